The van der Waals surface area contributed by atoms with Gasteiger partial charge in [-0.05, 0) is 30.3 Å². The summed E-state index contributed by atoms with van der Waals surface area (Å²) in [5, 5.41) is 0.718. The van der Waals surface area contributed by atoms with E-state index >= 15 is 0 Å². The van der Waals surface area contributed by atoms with Gasteiger partial charge in [0.25, 0.3) is 5.91 Å². The Kier molecular flexibility index (Phi) is 4.22. The van der Waals surface area contributed by atoms with E-state index in [4.69, 9.17) is 16.0 Å². The summed E-state index contributed by atoms with van der Waals surface area (Å²) in [4.78, 5) is 16.2. The van der Waals surface area contributed by atoms with E-state index in [1.54, 1.807) is 12.1 Å². The maximum atomic E-state index is 12.2. The number of nitrogens with zero attached hydrogens (tertiary/aromatic N) is 2. The third-order valence-electron chi connectivity index (χ3n) is 3.55. The van der Waals surface area contributed by atoms with Crippen LogP contribution in [-0.2, 0) is 0 Å². The van der Waals surface area contributed by atoms with Crippen LogP contribution in [0.3, 0.4) is 0 Å². The van der Waals surface area contributed by atoms with Crippen LogP contribution in [0.4, 0.5) is 5.69 Å². The number of anilines is 1. The monoisotopic (exact) mass is 368 g/mol. The highest BCUT2D eigenvalue weighted by atomic mass is 79.9. The van der Waals surface area contributed by atoms with E-state index in [-0.39, 0.29) is 5.91 Å². The Morgan fingerprint density at radius 1 is 1.19 bits per heavy atom. The fourth-order valence-corrected chi connectivity index (χ4v) is 3.24. The fraction of sp³-hybridized carbons (Fsp3) is 0.267. The molecule has 0 bridgehead atoms. The van der Waals surface area contributed by atoms with Gasteiger partial charge in [0.05, 0.1) is 17.0 Å². The van der Waals surface area contributed by atoms with Gasteiger partial charge in [-0.25, -0.2) is 0 Å². The number of amides is 1. The molecule has 0 radical (unpaired) electrons. The van der Waals surface area contributed by atoms with Gasteiger partial charge in [0.1, 0.15) is 0 Å². The van der Waals surface area contributed by atoms with Crippen molar-refractivity contribution in [3.05, 3.63) is 51.9 Å². The molecule has 3 rings (SSSR count). The Labute approximate surface area is 136 Å². The van der Waals surface area contributed by atoms with Crippen LogP contribution < -0.4 is 4.90 Å². The summed E-state index contributed by atoms with van der Waals surface area (Å²) in [5.41, 5.74) is 1.00. The predicted octanol–water partition coefficient (Wildman–Crippen LogP) is 3.66. The zero-order valence-corrected chi connectivity index (χ0v) is 13.6. The van der Waals surface area contributed by atoms with Crippen LogP contribution in [-0.4, -0.2) is 37.0 Å². The average Bonchev–Trinajstić information content (AvgIpc) is 3.01. The molecule has 0 unspecified atom stereocenters. The van der Waals surface area contributed by atoms with Gasteiger partial charge in [-0.15, -0.1) is 0 Å². The van der Waals surface area contributed by atoms with E-state index in [0.717, 1.165) is 28.3 Å². The van der Waals surface area contributed by atoms with Crippen LogP contribution in [0.15, 0.2) is 45.5 Å². The zero-order chi connectivity index (χ0) is 14.8. The standard InChI is InChI=1S/C15H14BrClN2O2/c16-11-3-4-13(12(17)10-11)18-5-7-19(8-6-18)15(20)14-2-1-9-21-14/h1-4,9-10H,5-8H2. The molecular formula is C15H14BrClN2O2. The van der Waals surface area contributed by atoms with Gasteiger partial charge in [0.2, 0.25) is 0 Å². The molecule has 1 aliphatic heterocycles. The maximum Gasteiger partial charge on any atom is 0.289 e. The third kappa shape index (κ3) is 3.09. The molecule has 2 aromatic rings. The minimum atomic E-state index is -0.0541. The summed E-state index contributed by atoms with van der Waals surface area (Å²) in [6, 6.07) is 9.28. The molecule has 21 heavy (non-hydrogen) atoms. The van der Waals surface area contributed by atoms with Gasteiger partial charge in [-0.3, -0.25) is 4.79 Å². The van der Waals surface area contributed by atoms with E-state index in [2.05, 4.69) is 20.8 Å². The first kappa shape index (κ1) is 14.5. The molecule has 6 heteroatoms. The Morgan fingerprint density at radius 2 is 1.95 bits per heavy atom. The van der Waals surface area contributed by atoms with Crippen LogP contribution in [0, 0.1) is 0 Å². The summed E-state index contributed by atoms with van der Waals surface area (Å²) in [5.74, 6) is 0.340. The number of benzene rings is 1. The van der Waals surface area contributed by atoms with Crippen molar-refractivity contribution in [1.82, 2.24) is 4.90 Å². The van der Waals surface area contributed by atoms with E-state index in [0.29, 0.717) is 18.8 Å². The quantitative estimate of drug-likeness (QED) is 0.810. The molecular weight excluding hydrogens is 356 g/mol. The third-order valence-corrected chi connectivity index (χ3v) is 4.35. The summed E-state index contributed by atoms with van der Waals surface area (Å²) in [6.07, 6.45) is 1.52. The lowest BCUT2D eigenvalue weighted by molar-refractivity contribution is 0.0714. The lowest BCUT2D eigenvalue weighted by Crippen LogP contribution is -2.48. The first-order valence-electron chi connectivity index (χ1n) is 6.68. The van der Waals surface area contributed by atoms with E-state index < -0.39 is 0 Å². The summed E-state index contributed by atoms with van der Waals surface area (Å²) < 4.78 is 6.12. The second-order valence-electron chi connectivity index (χ2n) is 4.85. The largest absolute Gasteiger partial charge is 0.459 e. The van der Waals surface area contributed by atoms with Crippen molar-refractivity contribution >= 4 is 39.1 Å². The maximum absolute atomic E-state index is 12.2. The highest BCUT2D eigenvalue weighted by Gasteiger charge is 2.24. The van der Waals surface area contributed by atoms with Crippen molar-refractivity contribution in [3.63, 3.8) is 0 Å². The molecule has 1 aliphatic rings. The number of carbonyl (C=O) groups is 1. The number of piperazine rings is 1. The van der Waals surface area contributed by atoms with Crippen LogP contribution >= 0.6 is 27.5 Å². The summed E-state index contributed by atoms with van der Waals surface area (Å²) in [6.45, 7) is 2.83. The number of carbonyl (C=O) groups excluding carboxylic acids is 1. The van der Waals surface area contributed by atoms with Crippen LogP contribution in [0.1, 0.15) is 10.6 Å². The molecule has 1 aromatic heterocycles. The minimum absolute atomic E-state index is 0.0541. The molecule has 1 fully saturated rings. The summed E-state index contributed by atoms with van der Waals surface area (Å²) in [7, 11) is 0. The number of rotatable bonds is 2. The highest BCUT2D eigenvalue weighted by Crippen LogP contribution is 2.29. The molecule has 4 nitrogen and oxygen atoms in total. The van der Waals surface area contributed by atoms with Crippen LogP contribution in [0.5, 0.6) is 0 Å². The topological polar surface area (TPSA) is 36.7 Å². The van der Waals surface area contributed by atoms with Crippen LogP contribution in [0.2, 0.25) is 5.02 Å². The van der Waals surface area contributed by atoms with E-state index in [1.165, 1.54) is 6.26 Å². The average molecular weight is 370 g/mol. The smallest absolute Gasteiger partial charge is 0.289 e. The Morgan fingerprint density at radius 3 is 2.57 bits per heavy atom. The molecule has 1 amide bonds. The van der Waals surface area contributed by atoms with E-state index in [9.17, 15) is 4.79 Å². The van der Waals surface area contributed by atoms with Gasteiger partial charge >= 0.3 is 0 Å². The highest BCUT2D eigenvalue weighted by molar-refractivity contribution is 9.10. The lowest BCUT2D eigenvalue weighted by Gasteiger charge is -2.36. The molecule has 0 aliphatic carbocycles. The first-order valence-corrected chi connectivity index (χ1v) is 7.85. The van der Waals surface area contributed by atoms with Crippen molar-refractivity contribution in [1.29, 1.82) is 0 Å². The Hall–Kier alpha value is -1.46. The molecule has 2 heterocycles. The second kappa shape index (κ2) is 6.12. The summed E-state index contributed by atoms with van der Waals surface area (Å²) >= 11 is 9.68. The molecule has 0 spiro atoms. The van der Waals surface area contributed by atoms with E-state index in [1.807, 2.05) is 23.1 Å². The first-order chi connectivity index (χ1) is 10.1. The normalized spacial score (nSPS) is 15.3. The second-order valence-corrected chi connectivity index (χ2v) is 6.18. The molecule has 0 atom stereocenters. The molecule has 1 saturated heterocycles. The van der Waals surface area contributed by atoms with Crippen molar-refractivity contribution in [3.8, 4) is 0 Å². The van der Waals surface area contributed by atoms with Gasteiger partial charge in [-0.1, -0.05) is 27.5 Å². The lowest BCUT2D eigenvalue weighted by atomic mass is 10.2. The number of furan rings is 1. The Bertz CT molecular complexity index is 637. The SMILES string of the molecule is O=C(c1ccco1)N1CCN(c2ccc(Br)cc2Cl)CC1. The molecule has 110 valence electrons. The van der Waals surface area contributed by atoms with Gasteiger partial charge in [0.15, 0.2) is 5.76 Å². The van der Waals surface area contributed by atoms with Gasteiger partial charge in [0, 0.05) is 30.7 Å². The number of hydrogen-bond donors (Lipinski definition) is 0. The van der Waals surface area contributed by atoms with Crippen molar-refractivity contribution in [2.24, 2.45) is 0 Å². The molecule has 0 saturated carbocycles. The number of hydrogen-bond acceptors (Lipinski definition) is 3. The van der Waals surface area contributed by atoms with Crippen molar-refractivity contribution in [2.75, 3.05) is 31.1 Å². The predicted molar refractivity (Wildman–Crippen MR) is 86.0 cm³/mol. The molecule has 0 N–H and O–H groups in total. The number of halogens is 2. The fourth-order valence-electron chi connectivity index (χ4n) is 2.44. The van der Waals surface area contributed by atoms with Gasteiger partial charge in [-0.2, -0.15) is 0 Å². The van der Waals surface area contributed by atoms with Crippen molar-refractivity contribution < 1.29 is 9.21 Å². The van der Waals surface area contributed by atoms with Gasteiger partial charge < -0.3 is 14.2 Å². The van der Waals surface area contributed by atoms with Crippen LogP contribution in [0.25, 0.3) is 0 Å². The minimum Gasteiger partial charge on any atom is -0.459 e. The zero-order valence-electron chi connectivity index (χ0n) is 11.3. The molecule has 1 aromatic carbocycles. The Balaban J connectivity index is 1.66. The van der Waals surface area contributed by atoms with Crippen molar-refractivity contribution in [2.45, 2.75) is 0 Å².